The van der Waals surface area contributed by atoms with Crippen LogP contribution in [0.5, 0.6) is 0 Å². The van der Waals surface area contributed by atoms with E-state index in [0.29, 0.717) is 19.6 Å². The fourth-order valence-electron chi connectivity index (χ4n) is 1.80. The van der Waals surface area contributed by atoms with Gasteiger partial charge in [0.2, 0.25) is 0 Å². The van der Waals surface area contributed by atoms with Gasteiger partial charge in [-0.05, 0) is 45.4 Å². The molecule has 0 aliphatic carbocycles. The first-order valence-corrected chi connectivity index (χ1v) is 5.03. The van der Waals surface area contributed by atoms with E-state index in [1.54, 1.807) is 0 Å². The minimum Gasteiger partial charge on any atom is -0.330 e. The van der Waals surface area contributed by atoms with Crippen LogP contribution < -0.4 is 5.73 Å². The normalized spacial score (nSPS) is 21.4. The molecule has 1 heterocycles. The van der Waals surface area contributed by atoms with Gasteiger partial charge in [0.1, 0.15) is 0 Å². The molecule has 0 atom stereocenters. The Hall–Kier alpha value is -0.290. The van der Waals surface area contributed by atoms with Gasteiger partial charge in [-0.1, -0.05) is 0 Å². The third-order valence-electron chi connectivity index (χ3n) is 2.73. The molecule has 0 aromatic heterocycles. The van der Waals surface area contributed by atoms with E-state index in [0.717, 1.165) is 13.0 Å². The zero-order valence-corrected chi connectivity index (χ0v) is 8.19. The maximum atomic E-state index is 12.3. The second-order valence-electron chi connectivity index (χ2n) is 3.80. The quantitative estimate of drug-likeness (QED) is 0.766. The van der Waals surface area contributed by atoms with Crippen LogP contribution in [0.15, 0.2) is 0 Å². The van der Waals surface area contributed by atoms with Crippen molar-refractivity contribution in [3.05, 3.63) is 0 Å². The summed E-state index contributed by atoms with van der Waals surface area (Å²) in [5, 5.41) is 0. The van der Waals surface area contributed by atoms with Crippen molar-refractivity contribution < 1.29 is 13.2 Å². The zero-order chi connectivity index (χ0) is 10.6. The van der Waals surface area contributed by atoms with Gasteiger partial charge in [-0.25, -0.2) is 0 Å². The van der Waals surface area contributed by atoms with Gasteiger partial charge in [0.05, 0.1) is 5.92 Å². The third-order valence-corrected chi connectivity index (χ3v) is 2.73. The number of alkyl halides is 3. The molecule has 0 bridgehead atoms. The van der Waals surface area contributed by atoms with Crippen molar-refractivity contribution in [2.24, 2.45) is 11.7 Å². The predicted molar refractivity (Wildman–Crippen MR) is 48.9 cm³/mol. The van der Waals surface area contributed by atoms with Crippen molar-refractivity contribution in [1.29, 1.82) is 0 Å². The average molecular weight is 210 g/mol. The molecular formula is C9H17F3N2. The molecule has 2 N–H and O–H groups in total. The molecule has 1 aliphatic rings. The maximum absolute atomic E-state index is 12.3. The largest absolute Gasteiger partial charge is 0.391 e. The van der Waals surface area contributed by atoms with E-state index >= 15 is 0 Å². The number of likely N-dealkylation sites (tertiary alicyclic amines) is 1. The van der Waals surface area contributed by atoms with Crippen molar-refractivity contribution in [3.63, 3.8) is 0 Å². The summed E-state index contributed by atoms with van der Waals surface area (Å²) in [4.78, 5) is 2.06. The Morgan fingerprint density at radius 2 is 1.79 bits per heavy atom. The fraction of sp³-hybridized carbons (Fsp3) is 1.00. The molecule has 0 radical (unpaired) electrons. The van der Waals surface area contributed by atoms with Gasteiger partial charge in [0.15, 0.2) is 0 Å². The van der Waals surface area contributed by atoms with E-state index in [4.69, 9.17) is 5.73 Å². The van der Waals surface area contributed by atoms with Crippen LogP contribution in [-0.2, 0) is 0 Å². The van der Waals surface area contributed by atoms with Gasteiger partial charge < -0.3 is 10.6 Å². The first-order valence-electron chi connectivity index (χ1n) is 5.03. The van der Waals surface area contributed by atoms with Gasteiger partial charge in [0.25, 0.3) is 0 Å². The van der Waals surface area contributed by atoms with Crippen molar-refractivity contribution in [3.8, 4) is 0 Å². The summed E-state index contributed by atoms with van der Waals surface area (Å²) in [6, 6.07) is 0. The smallest absolute Gasteiger partial charge is 0.330 e. The number of nitrogens with zero attached hydrogens (tertiary/aromatic N) is 1. The number of piperidine rings is 1. The molecule has 0 spiro atoms. The Balaban J connectivity index is 2.24. The minimum atomic E-state index is -4.00. The van der Waals surface area contributed by atoms with Gasteiger partial charge in [0, 0.05) is 0 Å². The molecule has 0 aromatic rings. The van der Waals surface area contributed by atoms with Gasteiger partial charge in [-0.15, -0.1) is 0 Å². The summed E-state index contributed by atoms with van der Waals surface area (Å²) in [5.41, 5.74) is 5.34. The van der Waals surface area contributed by atoms with E-state index in [-0.39, 0.29) is 12.8 Å². The van der Waals surface area contributed by atoms with Crippen molar-refractivity contribution in [1.82, 2.24) is 4.90 Å². The molecule has 0 unspecified atom stereocenters. The zero-order valence-electron chi connectivity index (χ0n) is 8.19. The van der Waals surface area contributed by atoms with Crippen LogP contribution >= 0.6 is 0 Å². The van der Waals surface area contributed by atoms with Crippen LogP contribution in [0, 0.1) is 5.92 Å². The standard InChI is InChI=1S/C9H17F3N2/c10-9(11,12)8-2-6-14(7-3-8)5-1-4-13/h8H,1-7,13H2. The van der Waals surface area contributed by atoms with E-state index in [2.05, 4.69) is 4.90 Å². The lowest BCUT2D eigenvalue weighted by Crippen LogP contribution is -2.39. The number of nitrogens with two attached hydrogens (primary N) is 1. The fourth-order valence-corrected chi connectivity index (χ4v) is 1.80. The van der Waals surface area contributed by atoms with Gasteiger partial charge in [-0.3, -0.25) is 0 Å². The molecule has 14 heavy (non-hydrogen) atoms. The second kappa shape index (κ2) is 4.98. The Kier molecular flexibility index (Phi) is 4.19. The molecule has 84 valence electrons. The van der Waals surface area contributed by atoms with Crippen LogP contribution in [0.3, 0.4) is 0 Å². The first-order chi connectivity index (χ1) is 6.54. The number of hydrogen-bond acceptors (Lipinski definition) is 2. The highest BCUT2D eigenvalue weighted by atomic mass is 19.4. The van der Waals surface area contributed by atoms with Crippen LogP contribution in [0.2, 0.25) is 0 Å². The van der Waals surface area contributed by atoms with Crippen molar-refractivity contribution >= 4 is 0 Å². The molecule has 2 nitrogen and oxygen atoms in total. The van der Waals surface area contributed by atoms with E-state index < -0.39 is 12.1 Å². The topological polar surface area (TPSA) is 29.3 Å². The van der Waals surface area contributed by atoms with Crippen LogP contribution in [0.4, 0.5) is 13.2 Å². The summed E-state index contributed by atoms with van der Waals surface area (Å²) in [5.74, 6) is -1.09. The third kappa shape index (κ3) is 3.46. The van der Waals surface area contributed by atoms with Crippen molar-refractivity contribution in [2.45, 2.75) is 25.4 Å². The molecule has 1 saturated heterocycles. The SMILES string of the molecule is NCCCN1CCC(C(F)(F)F)CC1. The summed E-state index contributed by atoms with van der Waals surface area (Å²) in [6.07, 6.45) is -2.64. The molecular weight excluding hydrogens is 193 g/mol. The van der Waals surface area contributed by atoms with Crippen LogP contribution in [0.25, 0.3) is 0 Å². The van der Waals surface area contributed by atoms with Gasteiger partial charge >= 0.3 is 6.18 Å². The summed E-state index contributed by atoms with van der Waals surface area (Å²) < 4.78 is 36.8. The number of hydrogen-bond donors (Lipinski definition) is 1. The molecule has 0 saturated carbocycles. The molecule has 1 aliphatic heterocycles. The summed E-state index contributed by atoms with van der Waals surface area (Å²) in [6.45, 7) is 2.56. The second-order valence-corrected chi connectivity index (χ2v) is 3.80. The first kappa shape index (κ1) is 11.8. The highest BCUT2D eigenvalue weighted by molar-refractivity contribution is 4.76. The lowest BCUT2D eigenvalue weighted by atomic mass is 9.96. The molecule has 0 amide bonds. The van der Waals surface area contributed by atoms with E-state index in [1.165, 1.54) is 0 Å². The highest BCUT2D eigenvalue weighted by Gasteiger charge is 2.40. The lowest BCUT2D eigenvalue weighted by molar-refractivity contribution is -0.185. The van der Waals surface area contributed by atoms with E-state index in [1.807, 2.05) is 0 Å². The maximum Gasteiger partial charge on any atom is 0.391 e. The summed E-state index contributed by atoms with van der Waals surface area (Å²) in [7, 11) is 0. The Morgan fingerprint density at radius 3 is 2.21 bits per heavy atom. The molecule has 1 fully saturated rings. The summed E-state index contributed by atoms with van der Waals surface area (Å²) >= 11 is 0. The Labute approximate surface area is 82.2 Å². The monoisotopic (exact) mass is 210 g/mol. The molecule has 5 heteroatoms. The van der Waals surface area contributed by atoms with Gasteiger partial charge in [-0.2, -0.15) is 13.2 Å². The van der Waals surface area contributed by atoms with Crippen molar-refractivity contribution in [2.75, 3.05) is 26.2 Å². The average Bonchev–Trinajstić information content (AvgIpc) is 2.14. The van der Waals surface area contributed by atoms with E-state index in [9.17, 15) is 13.2 Å². The number of rotatable bonds is 3. The number of halogens is 3. The Bertz CT molecular complexity index is 162. The molecule has 1 rings (SSSR count). The lowest BCUT2D eigenvalue weighted by Gasteiger charge is -2.32. The Morgan fingerprint density at radius 1 is 1.21 bits per heavy atom. The van der Waals surface area contributed by atoms with Crippen LogP contribution in [-0.4, -0.2) is 37.3 Å². The highest BCUT2D eigenvalue weighted by Crippen LogP contribution is 2.33. The van der Waals surface area contributed by atoms with Crippen LogP contribution in [0.1, 0.15) is 19.3 Å². The minimum absolute atomic E-state index is 0.244. The molecule has 0 aromatic carbocycles. The predicted octanol–water partition coefficient (Wildman–Crippen LogP) is 1.61.